The predicted octanol–water partition coefficient (Wildman–Crippen LogP) is 2.67. The van der Waals surface area contributed by atoms with Crippen molar-refractivity contribution >= 4 is 26.0 Å². The molecule has 16 heavy (non-hydrogen) atoms. The monoisotopic (exact) mass is 305 g/mol. The molecule has 3 nitrogen and oxygen atoms in total. The third-order valence-corrected chi connectivity index (χ3v) is 4.15. The normalized spacial score (nSPS) is 12.8. The van der Waals surface area contributed by atoms with Crippen molar-refractivity contribution in [3.05, 3.63) is 34.3 Å². The van der Waals surface area contributed by atoms with E-state index in [0.717, 1.165) is 10.0 Å². The highest BCUT2D eigenvalue weighted by atomic mass is 79.9. The van der Waals surface area contributed by atoms with E-state index in [-0.39, 0.29) is 5.75 Å². The maximum atomic E-state index is 11.8. The molecule has 0 saturated carbocycles. The fourth-order valence-electron chi connectivity index (χ4n) is 1.32. The first kappa shape index (κ1) is 13.7. The summed E-state index contributed by atoms with van der Waals surface area (Å²) < 4.78 is 27.1. The first-order valence-corrected chi connectivity index (χ1v) is 7.39. The van der Waals surface area contributed by atoms with Crippen molar-refractivity contribution in [2.75, 3.05) is 0 Å². The number of rotatable bonds is 3. The van der Waals surface area contributed by atoms with E-state index < -0.39 is 15.6 Å². The molecule has 0 aliphatic rings. The Kier molecular flexibility index (Phi) is 4.15. The van der Waals surface area contributed by atoms with Crippen LogP contribution in [0.2, 0.25) is 0 Å². The van der Waals surface area contributed by atoms with E-state index >= 15 is 0 Å². The summed E-state index contributed by atoms with van der Waals surface area (Å²) in [5.41, 5.74) is 0.319. The Balaban J connectivity index is 2.86. The number of nitrogens with one attached hydrogen (secondary N) is 1. The van der Waals surface area contributed by atoms with Gasteiger partial charge in [0.25, 0.3) is 0 Å². The molecule has 0 aliphatic heterocycles. The number of hydrogen-bond donors (Lipinski definition) is 1. The summed E-state index contributed by atoms with van der Waals surface area (Å²) in [6.45, 7) is 5.47. The summed E-state index contributed by atoms with van der Waals surface area (Å²) >= 11 is 3.34. The Bertz CT molecular complexity index is 463. The maximum absolute atomic E-state index is 11.8. The summed E-state index contributed by atoms with van der Waals surface area (Å²) in [5.74, 6) is -0.00824. The average molecular weight is 306 g/mol. The molecule has 1 aromatic rings. The number of sulfonamides is 1. The molecule has 0 atom stereocenters. The largest absolute Gasteiger partial charge is 0.216 e. The smallest absolute Gasteiger partial charge is 0.212 e. The van der Waals surface area contributed by atoms with Crippen LogP contribution in [0.1, 0.15) is 26.3 Å². The summed E-state index contributed by atoms with van der Waals surface area (Å²) in [6.07, 6.45) is 0. The fourth-order valence-corrected chi connectivity index (χ4v) is 3.60. The Labute approximate surface area is 105 Å². The second kappa shape index (κ2) is 4.85. The third-order valence-electron chi connectivity index (χ3n) is 1.77. The molecule has 90 valence electrons. The zero-order chi connectivity index (χ0) is 12.4. The minimum Gasteiger partial charge on any atom is -0.212 e. The van der Waals surface area contributed by atoms with Gasteiger partial charge in [-0.25, -0.2) is 13.1 Å². The molecule has 0 spiro atoms. The van der Waals surface area contributed by atoms with E-state index in [4.69, 9.17) is 0 Å². The minimum absolute atomic E-state index is 0.00824. The number of halogens is 1. The molecule has 0 radical (unpaired) electrons. The molecule has 0 bridgehead atoms. The van der Waals surface area contributed by atoms with Crippen LogP contribution in [0.5, 0.6) is 0 Å². The van der Waals surface area contributed by atoms with Crippen molar-refractivity contribution in [2.45, 2.75) is 32.1 Å². The van der Waals surface area contributed by atoms with Crippen LogP contribution < -0.4 is 4.72 Å². The van der Waals surface area contributed by atoms with Crippen molar-refractivity contribution in [2.24, 2.45) is 0 Å². The Morgan fingerprint density at radius 3 is 2.31 bits per heavy atom. The Morgan fingerprint density at radius 2 is 1.81 bits per heavy atom. The molecule has 0 saturated heterocycles. The van der Waals surface area contributed by atoms with Gasteiger partial charge in [-0.1, -0.05) is 34.1 Å². The molecule has 1 aromatic carbocycles. The lowest BCUT2D eigenvalue weighted by atomic mass is 10.1. The van der Waals surface area contributed by atoms with Crippen LogP contribution in [0.15, 0.2) is 28.7 Å². The zero-order valence-corrected chi connectivity index (χ0v) is 12.0. The van der Waals surface area contributed by atoms with Crippen LogP contribution >= 0.6 is 15.9 Å². The van der Waals surface area contributed by atoms with E-state index in [1.165, 1.54) is 0 Å². The van der Waals surface area contributed by atoms with Gasteiger partial charge in [-0.3, -0.25) is 0 Å². The number of benzene rings is 1. The molecule has 0 unspecified atom stereocenters. The lowest BCUT2D eigenvalue weighted by molar-refractivity contribution is 0.491. The zero-order valence-electron chi connectivity index (χ0n) is 9.62. The van der Waals surface area contributed by atoms with Gasteiger partial charge in [0.1, 0.15) is 0 Å². The van der Waals surface area contributed by atoms with Gasteiger partial charge in [0.2, 0.25) is 10.0 Å². The van der Waals surface area contributed by atoms with E-state index in [9.17, 15) is 8.42 Å². The highest BCUT2D eigenvalue weighted by Gasteiger charge is 2.20. The van der Waals surface area contributed by atoms with Crippen LogP contribution in [0, 0.1) is 0 Å². The molecular formula is C11H16BrNO2S. The standard InChI is InChI=1S/C11H16BrNO2S/c1-11(2,3)13-16(14,15)8-9-6-4-5-7-10(9)12/h4-7,13H,8H2,1-3H3. The van der Waals surface area contributed by atoms with Crippen molar-refractivity contribution in [3.63, 3.8) is 0 Å². The summed E-state index contributed by atoms with van der Waals surface area (Å²) in [4.78, 5) is 0. The molecule has 0 amide bonds. The van der Waals surface area contributed by atoms with Crippen molar-refractivity contribution < 1.29 is 8.42 Å². The fraction of sp³-hybridized carbons (Fsp3) is 0.455. The second-order valence-corrected chi connectivity index (χ2v) is 7.28. The Hall–Kier alpha value is -0.390. The first-order valence-electron chi connectivity index (χ1n) is 4.95. The van der Waals surface area contributed by atoms with Gasteiger partial charge in [0, 0.05) is 10.0 Å². The van der Waals surface area contributed by atoms with E-state index in [2.05, 4.69) is 20.7 Å². The van der Waals surface area contributed by atoms with Crippen LogP contribution in [0.3, 0.4) is 0 Å². The van der Waals surface area contributed by atoms with E-state index in [1.54, 1.807) is 6.07 Å². The SMILES string of the molecule is CC(C)(C)NS(=O)(=O)Cc1ccccc1Br. The first-order chi connectivity index (χ1) is 7.20. The molecule has 1 N–H and O–H groups in total. The number of hydrogen-bond acceptors (Lipinski definition) is 2. The average Bonchev–Trinajstić information content (AvgIpc) is 2.04. The van der Waals surface area contributed by atoms with E-state index in [1.807, 2.05) is 39.0 Å². The van der Waals surface area contributed by atoms with Crippen molar-refractivity contribution in [1.29, 1.82) is 0 Å². The molecule has 1 rings (SSSR count). The molecule has 0 heterocycles. The predicted molar refractivity (Wildman–Crippen MR) is 69.7 cm³/mol. The van der Waals surface area contributed by atoms with Crippen LogP contribution in [-0.2, 0) is 15.8 Å². The second-order valence-electron chi connectivity index (χ2n) is 4.70. The lowest BCUT2D eigenvalue weighted by Gasteiger charge is -2.20. The van der Waals surface area contributed by atoms with Gasteiger partial charge in [-0.15, -0.1) is 0 Å². The van der Waals surface area contributed by atoms with Crippen molar-refractivity contribution in [1.82, 2.24) is 4.72 Å². The molecule has 0 fully saturated rings. The minimum atomic E-state index is -3.29. The summed E-state index contributed by atoms with van der Waals surface area (Å²) in [7, 11) is -3.29. The van der Waals surface area contributed by atoms with Gasteiger partial charge in [-0.05, 0) is 32.4 Å². The molecular weight excluding hydrogens is 290 g/mol. The van der Waals surface area contributed by atoms with Gasteiger partial charge >= 0.3 is 0 Å². The van der Waals surface area contributed by atoms with Gasteiger partial charge in [-0.2, -0.15) is 0 Å². The lowest BCUT2D eigenvalue weighted by Crippen LogP contribution is -2.41. The Morgan fingerprint density at radius 1 is 1.25 bits per heavy atom. The van der Waals surface area contributed by atoms with Gasteiger partial charge < -0.3 is 0 Å². The highest BCUT2D eigenvalue weighted by molar-refractivity contribution is 9.10. The van der Waals surface area contributed by atoms with Crippen molar-refractivity contribution in [3.8, 4) is 0 Å². The van der Waals surface area contributed by atoms with Gasteiger partial charge in [0.05, 0.1) is 5.75 Å². The van der Waals surface area contributed by atoms with E-state index in [0.29, 0.717) is 0 Å². The van der Waals surface area contributed by atoms with Crippen LogP contribution in [-0.4, -0.2) is 14.0 Å². The molecule has 0 aromatic heterocycles. The maximum Gasteiger partial charge on any atom is 0.216 e. The quantitative estimate of drug-likeness (QED) is 0.933. The molecule has 5 heteroatoms. The summed E-state index contributed by atoms with van der Waals surface area (Å²) in [5, 5.41) is 0. The van der Waals surface area contributed by atoms with Gasteiger partial charge in [0.15, 0.2) is 0 Å². The molecule has 0 aliphatic carbocycles. The topological polar surface area (TPSA) is 46.2 Å². The van der Waals surface area contributed by atoms with Crippen LogP contribution in [0.25, 0.3) is 0 Å². The third kappa shape index (κ3) is 4.63. The van der Waals surface area contributed by atoms with Crippen LogP contribution in [0.4, 0.5) is 0 Å². The highest BCUT2D eigenvalue weighted by Crippen LogP contribution is 2.18. The summed E-state index contributed by atoms with van der Waals surface area (Å²) in [6, 6.07) is 7.32.